The van der Waals surface area contributed by atoms with E-state index in [2.05, 4.69) is 37.6 Å². The van der Waals surface area contributed by atoms with Crippen LogP contribution in [0, 0.1) is 0 Å². The van der Waals surface area contributed by atoms with Crippen molar-refractivity contribution in [2.24, 2.45) is 0 Å². The Kier molecular flexibility index (Phi) is 6.71. The van der Waals surface area contributed by atoms with Crippen molar-refractivity contribution in [1.82, 2.24) is 20.1 Å². The molecule has 0 aromatic carbocycles. The van der Waals surface area contributed by atoms with Gasteiger partial charge in [0.15, 0.2) is 5.16 Å². The quantitative estimate of drug-likeness (QED) is 0.519. The topological polar surface area (TPSA) is 73.0 Å². The molecular formula is C21H26N4O2S2. The molecule has 0 bridgehead atoms. The molecule has 3 aromatic heterocycles. The fourth-order valence-electron chi connectivity index (χ4n) is 3.73. The van der Waals surface area contributed by atoms with E-state index >= 15 is 0 Å². The number of hydrogen-bond acceptors (Lipinski definition) is 6. The Morgan fingerprint density at radius 1 is 1.31 bits per heavy atom. The van der Waals surface area contributed by atoms with Crippen molar-refractivity contribution in [3.8, 4) is 0 Å². The molecule has 6 nitrogen and oxygen atoms in total. The van der Waals surface area contributed by atoms with Crippen LogP contribution in [0.3, 0.4) is 0 Å². The second-order valence-corrected chi connectivity index (χ2v) is 9.71. The summed E-state index contributed by atoms with van der Waals surface area (Å²) in [6, 6.07) is 8.32. The van der Waals surface area contributed by atoms with Crippen molar-refractivity contribution in [1.29, 1.82) is 0 Å². The standard InChI is InChI=1S/C21H26N4O2S2/c1-15(20(26)22-14-17-9-5-11-27-17)29-21-24-23-19(13-18-10-6-12-28-18)25(21)16-7-3-2-4-8-16/h5-6,9-12,15-16H,2-4,7-8,13-14H2,1H3,(H,22,26)/t15-/m0/s1. The lowest BCUT2D eigenvalue weighted by molar-refractivity contribution is -0.120. The molecule has 1 aliphatic rings. The second kappa shape index (κ2) is 9.63. The highest BCUT2D eigenvalue weighted by Gasteiger charge is 2.26. The third-order valence-corrected chi connectivity index (χ3v) is 7.19. The SMILES string of the molecule is C[C@H](Sc1nnc(Cc2cccs2)n1C1CCCCC1)C(=O)NCc1ccco1. The minimum atomic E-state index is -0.258. The molecule has 8 heteroatoms. The van der Waals surface area contributed by atoms with E-state index in [4.69, 9.17) is 4.42 Å². The Hall–Kier alpha value is -2.06. The maximum absolute atomic E-state index is 12.6. The van der Waals surface area contributed by atoms with Gasteiger partial charge in [-0.3, -0.25) is 4.79 Å². The van der Waals surface area contributed by atoms with Gasteiger partial charge >= 0.3 is 0 Å². The van der Waals surface area contributed by atoms with E-state index in [1.54, 1.807) is 17.6 Å². The van der Waals surface area contributed by atoms with Gasteiger partial charge < -0.3 is 14.3 Å². The van der Waals surface area contributed by atoms with E-state index in [-0.39, 0.29) is 11.2 Å². The summed E-state index contributed by atoms with van der Waals surface area (Å²) >= 11 is 3.24. The van der Waals surface area contributed by atoms with Crippen LogP contribution in [0.4, 0.5) is 0 Å². The molecule has 0 unspecified atom stereocenters. The molecule has 1 atom stereocenters. The van der Waals surface area contributed by atoms with E-state index in [0.29, 0.717) is 12.6 Å². The zero-order valence-electron chi connectivity index (χ0n) is 16.5. The molecule has 154 valence electrons. The Morgan fingerprint density at radius 2 is 2.17 bits per heavy atom. The summed E-state index contributed by atoms with van der Waals surface area (Å²) in [6.45, 7) is 2.32. The average molecular weight is 431 g/mol. The van der Waals surface area contributed by atoms with Gasteiger partial charge in [-0.15, -0.1) is 21.5 Å². The van der Waals surface area contributed by atoms with Gasteiger partial charge in [-0.25, -0.2) is 0 Å². The molecule has 29 heavy (non-hydrogen) atoms. The minimum Gasteiger partial charge on any atom is -0.467 e. The normalized spacial score (nSPS) is 16.0. The Balaban J connectivity index is 1.47. The number of hydrogen-bond donors (Lipinski definition) is 1. The van der Waals surface area contributed by atoms with E-state index in [0.717, 1.165) is 36.0 Å². The van der Waals surface area contributed by atoms with Crippen LogP contribution in [0.5, 0.6) is 0 Å². The molecule has 1 amide bonds. The smallest absolute Gasteiger partial charge is 0.233 e. The summed E-state index contributed by atoms with van der Waals surface area (Å²) in [4.78, 5) is 13.9. The lowest BCUT2D eigenvalue weighted by atomic mass is 9.95. The summed E-state index contributed by atoms with van der Waals surface area (Å²) in [5.74, 6) is 1.73. The number of furan rings is 1. The zero-order chi connectivity index (χ0) is 20.1. The van der Waals surface area contributed by atoms with Gasteiger partial charge in [0.25, 0.3) is 0 Å². The first-order valence-electron chi connectivity index (χ1n) is 10.1. The summed E-state index contributed by atoms with van der Waals surface area (Å²) in [5.41, 5.74) is 0. The van der Waals surface area contributed by atoms with Crippen LogP contribution in [-0.2, 0) is 17.8 Å². The van der Waals surface area contributed by atoms with E-state index in [9.17, 15) is 4.79 Å². The maximum atomic E-state index is 12.6. The number of thiophene rings is 1. The molecule has 4 rings (SSSR count). The number of thioether (sulfide) groups is 1. The molecule has 1 N–H and O–H groups in total. The number of amides is 1. The molecule has 1 fully saturated rings. The molecule has 1 aliphatic carbocycles. The van der Waals surface area contributed by atoms with Crippen molar-refractivity contribution < 1.29 is 9.21 Å². The van der Waals surface area contributed by atoms with Crippen LogP contribution in [-0.4, -0.2) is 25.9 Å². The van der Waals surface area contributed by atoms with Gasteiger partial charge in [0.2, 0.25) is 5.91 Å². The monoisotopic (exact) mass is 430 g/mol. The van der Waals surface area contributed by atoms with Gasteiger partial charge in [0, 0.05) is 17.3 Å². The van der Waals surface area contributed by atoms with Crippen LogP contribution in [0.2, 0.25) is 0 Å². The number of nitrogens with zero attached hydrogens (tertiary/aromatic N) is 3. The van der Waals surface area contributed by atoms with E-state index < -0.39 is 0 Å². The molecular weight excluding hydrogens is 404 g/mol. The van der Waals surface area contributed by atoms with Gasteiger partial charge in [0.1, 0.15) is 11.6 Å². The first-order chi connectivity index (χ1) is 14.2. The van der Waals surface area contributed by atoms with Crippen LogP contribution >= 0.6 is 23.1 Å². The highest BCUT2D eigenvalue weighted by atomic mass is 32.2. The fraction of sp³-hybridized carbons (Fsp3) is 0.476. The van der Waals surface area contributed by atoms with Gasteiger partial charge in [-0.05, 0) is 43.3 Å². The number of nitrogens with one attached hydrogen (secondary N) is 1. The van der Waals surface area contributed by atoms with Crippen molar-refractivity contribution in [2.75, 3.05) is 0 Å². The van der Waals surface area contributed by atoms with Crippen molar-refractivity contribution >= 4 is 29.0 Å². The van der Waals surface area contributed by atoms with Gasteiger partial charge in [0.05, 0.1) is 18.1 Å². The summed E-state index contributed by atoms with van der Waals surface area (Å²) < 4.78 is 7.59. The van der Waals surface area contributed by atoms with Crippen LogP contribution < -0.4 is 5.32 Å². The number of rotatable bonds is 8. The third kappa shape index (κ3) is 5.11. The van der Waals surface area contributed by atoms with Gasteiger partial charge in [-0.1, -0.05) is 37.1 Å². The molecule has 0 spiro atoms. The average Bonchev–Trinajstić information content (AvgIpc) is 3.50. The first kappa shape index (κ1) is 20.2. The van der Waals surface area contributed by atoms with Crippen molar-refractivity contribution in [2.45, 2.75) is 68.4 Å². The van der Waals surface area contributed by atoms with E-state index in [1.807, 2.05) is 19.1 Å². The minimum absolute atomic E-state index is 0.0237. The predicted octanol–water partition coefficient (Wildman–Crippen LogP) is 4.83. The zero-order valence-corrected chi connectivity index (χ0v) is 18.2. The van der Waals surface area contributed by atoms with Crippen molar-refractivity contribution in [3.63, 3.8) is 0 Å². The van der Waals surface area contributed by atoms with Crippen LogP contribution in [0.15, 0.2) is 45.5 Å². The number of carbonyl (C=O) groups is 1. The van der Waals surface area contributed by atoms with Crippen LogP contribution in [0.25, 0.3) is 0 Å². The van der Waals surface area contributed by atoms with Crippen LogP contribution in [0.1, 0.15) is 61.5 Å². The largest absolute Gasteiger partial charge is 0.467 e. The molecule has 3 aromatic rings. The summed E-state index contributed by atoms with van der Waals surface area (Å²) in [7, 11) is 0. The molecule has 0 radical (unpaired) electrons. The Morgan fingerprint density at radius 3 is 2.90 bits per heavy atom. The highest BCUT2D eigenvalue weighted by Crippen LogP contribution is 2.34. The summed E-state index contributed by atoms with van der Waals surface area (Å²) in [5, 5.41) is 14.6. The van der Waals surface area contributed by atoms with Crippen molar-refractivity contribution in [3.05, 3.63) is 52.4 Å². The Bertz CT molecular complexity index is 899. The third-order valence-electron chi connectivity index (χ3n) is 5.26. The lowest BCUT2D eigenvalue weighted by Crippen LogP contribution is -2.30. The predicted molar refractivity (Wildman–Crippen MR) is 115 cm³/mol. The van der Waals surface area contributed by atoms with Gasteiger partial charge in [-0.2, -0.15) is 0 Å². The molecule has 3 heterocycles. The molecule has 0 aliphatic heterocycles. The lowest BCUT2D eigenvalue weighted by Gasteiger charge is -2.26. The number of aromatic nitrogens is 3. The molecule has 0 saturated heterocycles. The summed E-state index contributed by atoms with van der Waals surface area (Å²) in [6.07, 6.45) is 8.49. The first-order valence-corrected chi connectivity index (χ1v) is 11.9. The fourth-order valence-corrected chi connectivity index (χ4v) is 5.39. The van der Waals surface area contributed by atoms with E-state index in [1.165, 1.54) is 35.9 Å². The second-order valence-electron chi connectivity index (χ2n) is 7.37. The Labute approximate surface area is 179 Å². The molecule has 1 saturated carbocycles. The maximum Gasteiger partial charge on any atom is 0.233 e. The highest BCUT2D eigenvalue weighted by molar-refractivity contribution is 8.00. The number of carbonyl (C=O) groups excluding carboxylic acids is 1.